The van der Waals surface area contributed by atoms with Gasteiger partial charge in [0.05, 0.1) is 73.8 Å². The molecule has 9 aromatic rings. The number of hydrogen-bond acceptors (Lipinski definition) is 9. The van der Waals surface area contributed by atoms with Crippen LogP contribution in [0.25, 0.3) is 55.7 Å². The van der Waals surface area contributed by atoms with Crippen molar-refractivity contribution in [3.8, 4) is 56.8 Å². The minimum Gasteiger partial charge on any atom is -0.493 e. The largest absolute Gasteiger partial charge is 0.493 e. The molecule has 0 unspecified atom stereocenters. The summed E-state index contributed by atoms with van der Waals surface area (Å²) in [4.78, 5) is 28.8. The summed E-state index contributed by atoms with van der Waals surface area (Å²) in [5, 5.41) is 0. The van der Waals surface area contributed by atoms with Gasteiger partial charge in [0.25, 0.3) is 0 Å². The highest BCUT2D eigenvalue weighted by atomic mass is 16.5. The molecule has 0 radical (unpaired) electrons. The highest BCUT2D eigenvalue weighted by molar-refractivity contribution is 6.29. The molecule has 0 spiro atoms. The van der Waals surface area contributed by atoms with Crippen LogP contribution in [0, 0.1) is 41.5 Å². The molecule has 12 rings (SSSR count). The summed E-state index contributed by atoms with van der Waals surface area (Å²) >= 11 is 0. The van der Waals surface area contributed by atoms with Crippen LogP contribution in [0.5, 0.6) is 34.5 Å². The van der Waals surface area contributed by atoms with Crippen LogP contribution in [0.3, 0.4) is 0 Å². The topological polar surface area (TPSA) is 140 Å². The molecule has 0 saturated heterocycles. The van der Waals surface area contributed by atoms with E-state index in [0.717, 1.165) is 291 Å². The third kappa shape index (κ3) is 27.9. The maximum Gasteiger partial charge on any atom is 0.123 e. The summed E-state index contributed by atoms with van der Waals surface area (Å²) in [6.07, 6.45) is 42.9. The van der Waals surface area contributed by atoms with Crippen molar-refractivity contribution in [3.05, 3.63) is 258 Å². The summed E-state index contributed by atoms with van der Waals surface area (Å²) in [6, 6.07) is 51.2. The molecule has 0 fully saturated rings. The fourth-order valence-electron chi connectivity index (χ4n) is 20.4. The molecule has 3 aromatic heterocycles. The molecule has 3 N–H and O–H groups in total. The SMILES string of the molecule is CCCCCCCCOc1cc(OCCCCCCCC)cc(/C(=C2/N=C(C)C(c3ccc(-c4c(C)[nH]c(/C(=C5/N=C(C)C(c6ccc(-c7c(C)[nH]c(/C(=C8\N=C(C)C(c9ccccc9)=C8C)c8cc(OCCCCCCCC)cc(OCCCCCCCC)c8)c7C)cc6)=C5C)c5cc(OCCCCCCCC)cc(OCCCCCCCC)c5)c4C)cc3)=C2C)c2[nH]c(C)cc2C)c1. The maximum atomic E-state index is 6.90. The van der Waals surface area contributed by atoms with Crippen molar-refractivity contribution in [2.75, 3.05) is 39.6 Å². The van der Waals surface area contributed by atoms with Gasteiger partial charge in [0.15, 0.2) is 0 Å². The number of nitrogens with zero attached hydrogens (tertiary/aromatic N) is 3. The number of aromatic nitrogens is 3. The quantitative estimate of drug-likeness (QED) is 0.0324. The first-order valence-corrected chi connectivity index (χ1v) is 52.9. The van der Waals surface area contributed by atoms with Gasteiger partial charge in [-0.2, -0.15) is 0 Å². The number of aliphatic imine (C=N–C) groups is 3. The molecule has 12 nitrogen and oxygen atoms in total. The van der Waals surface area contributed by atoms with Crippen molar-refractivity contribution in [2.24, 2.45) is 15.0 Å². The Kier molecular flexibility index (Phi) is 40.7. The normalized spacial score (nSPS) is 14.5. The third-order valence-electron chi connectivity index (χ3n) is 27.7. The molecule has 3 aliphatic rings. The van der Waals surface area contributed by atoms with E-state index in [1.807, 2.05) is 0 Å². The van der Waals surface area contributed by atoms with Crippen LogP contribution in [0.15, 0.2) is 188 Å². The summed E-state index contributed by atoms with van der Waals surface area (Å²) in [6.45, 7) is 44.2. The van der Waals surface area contributed by atoms with E-state index in [-0.39, 0.29) is 0 Å². The number of rotatable bonds is 59. The predicted octanol–water partition coefficient (Wildman–Crippen LogP) is 35.4. The summed E-state index contributed by atoms with van der Waals surface area (Å²) in [5.74, 6) is 4.90. The standard InChI is InChI=1S/C123H164N6O6/c1-19-25-31-37-43-52-68-130-104-75-101(76-105(81-104)131-69-53-44-38-32-26-20-2)115(118-84(7)74-85(8)124-118)119-87(10)111(92(15)125-119)97-60-62-98(63-61-97)113-89(12)122(128-94(113)17)117(103-79-108(134-72-56-47-41-35-29-23-5)83-109(80-103)135-73-57-48-42-36-30-24-6)123-90(13)114(95(18)129-123)100-66-64-99(65-67-100)112-88(11)121(127-93(112)16)116(120-86(9)110(91(14)126-120)96-58-50-49-51-59-96)102-77-106(132-70-54-45-39-33-27-21-3)82-107(78-102)133-71-55-46-40-34-28-22-4/h49-51,58-67,74-83,124,127-128H,19-48,52-57,68-73H2,1-18H3/b119-115-,120-116-,123-117+. The fraction of sp³-hybridized carbons (Fsp3) is 0.488. The first-order valence-electron chi connectivity index (χ1n) is 52.9. The first kappa shape index (κ1) is 103. The number of hydrogen-bond donors (Lipinski definition) is 3. The van der Waals surface area contributed by atoms with Gasteiger partial charge in [-0.1, -0.05) is 313 Å². The summed E-state index contributed by atoms with van der Waals surface area (Å²) in [5.41, 5.74) is 36.4. The average molecular weight is 1820 g/mol. The van der Waals surface area contributed by atoms with E-state index < -0.39 is 0 Å². The molecule has 0 saturated carbocycles. The van der Waals surface area contributed by atoms with Crippen LogP contribution in [0.4, 0.5) is 0 Å². The van der Waals surface area contributed by atoms with Gasteiger partial charge in [-0.3, -0.25) is 15.0 Å². The molecule has 6 aromatic carbocycles. The Labute approximate surface area is 813 Å². The van der Waals surface area contributed by atoms with E-state index in [0.29, 0.717) is 39.6 Å². The van der Waals surface area contributed by atoms with E-state index in [9.17, 15) is 0 Å². The second-order valence-electron chi connectivity index (χ2n) is 38.8. The van der Waals surface area contributed by atoms with Crippen molar-refractivity contribution < 1.29 is 28.4 Å². The van der Waals surface area contributed by atoms with Crippen LogP contribution in [-0.2, 0) is 0 Å². The summed E-state index contributed by atoms with van der Waals surface area (Å²) < 4.78 is 40.8. The second-order valence-corrected chi connectivity index (χ2v) is 38.8. The lowest BCUT2D eigenvalue weighted by atomic mass is 9.89. The molecule has 722 valence electrons. The number of H-pyrrole nitrogens is 3. The molecule has 0 aliphatic carbocycles. The number of aromatic amines is 3. The van der Waals surface area contributed by atoms with Crippen LogP contribution in [0.2, 0.25) is 0 Å². The molecule has 135 heavy (non-hydrogen) atoms. The average Bonchev–Trinajstić information content (AvgIpc) is 1.61. The molecule has 0 bridgehead atoms. The molecular weight excluding hydrogens is 1660 g/mol. The molecular formula is C123H164N6O6. The molecule has 12 heteroatoms. The Morgan fingerprint density at radius 1 is 0.244 bits per heavy atom. The van der Waals surface area contributed by atoms with Crippen LogP contribution >= 0.6 is 0 Å². The van der Waals surface area contributed by atoms with E-state index in [1.54, 1.807) is 0 Å². The van der Waals surface area contributed by atoms with Crippen LogP contribution < -0.4 is 28.4 Å². The number of nitrogens with one attached hydrogen (secondary N) is 3. The number of allylic oxidation sites excluding steroid dienone is 6. The highest BCUT2D eigenvalue weighted by Crippen LogP contribution is 2.49. The maximum absolute atomic E-state index is 6.90. The Bertz CT molecular complexity index is 5550. The molecule has 0 atom stereocenters. The van der Waals surface area contributed by atoms with Crippen molar-refractivity contribution in [1.29, 1.82) is 0 Å². The van der Waals surface area contributed by atoms with E-state index in [2.05, 4.69) is 279 Å². The zero-order valence-electron chi connectivity index (χ0n) is 86.3. The molecule has 0 amide bonds. The lowest BCUT2D eigenvalue weighted by Gasteiger charge is -2.17. The summed E-state index contributed by atoms with van der Waals surface area (Å²) in [7, 11) is 0. The van der Waals surface area contributed by atoms with Crippen molar-refractivity contribution >= 4 is 50.6 Å². The number of benzene rings is 6. The second kappa shape index (κ2) is 53.2. The predicted molar refractivity (Wildman–Crippen MR) is 576 cm³/mol. The lowest BCUT2D eigenvalue weighted by Crippen LogP contribution is -2.03. The zero-order chi connectivity index (χ0) is 95.5. The van der Waals surface area contributed by atoms with Gasteiger partial charge in [-0.15, -0.1) is 0 Å². The monoisotopic (exact) mass is 1820 g/mol. The smallest absolute Gasteiger partial charge is 0.123 e. The number of unbranched alkanes of at least 4 members (excludes halogenated alkanes) is 30. The van der Waals surface area contributed by atoms with Crippen molar-refractivity contribution in [1.82, 2.24) is 15.0 Å². The van der Waals surface area contributed by atoms with Crippen molar-refractivity contribution in [3.63, 3.8) is 0 Å². The Morgan fingerprint density at radius 3 is 0.733 bits per heavy atom. The Morgan fingerprint density at radius 2 is 0.481 bits per heavy atom. The van der Waals surface area contributed by atoms with Gasteiger partial charge < -0.3 is 43.4 Å². The minimum atomic E-state index is 0.627. The fourth-order valence-corrected chi connectivity index (χ4v) is 20.4. The van der Waals surface area contributed by atoms with Crippen molar-refractivity contribution in [2.45, 2.75) is 356 Å². The Hall–Kier alpha value is -10.6. The van der Waals surface area contributed by atoms with Gasteiger partial charge in [-0.05, 0) is 242 Å². The Balaban J connectivity index is 0.936. The minimum absolute atomic E-state index is 0.627. The third-order valence-corrected chi connectivity index (χ3v) is 27.7. The van der Waals surface area contributed by atoms with Gasteiger partial charge in [0.2, 0.25) is 0 Å². The van der Waals surface area contributed by atoms with Gasteiger partial charge in [0, 0.05) is 97.0 Å². The van der Waals surface area contributed by atoms with E-state index in [4.69, 9.17) is 43.4 Å². The van der Waals surface area contributed by atoms with Crippen LogP contribution in [0.1, 0.15) is 398 Å². The zero-order valence-corrected chi connectivity index (χ0v) is 86.3. The lowest BCUT2D eigenvalue weighted by molar-refractivity contribution is 0.289. The first-order chi connectivity index (χ1) is 65.8. The van der Waals surface area contributed by atoms with E-state index in [1.165, 1.54) is 165 Å². The number of aryl methyl sites for hydroxylation is 4. The van der Waals surface area contributed by atoms with Gasteiger partial charge >= 0.3 is 0 Å². The molecule has 3 aliphatic heterocycles. The van der Waals surface area contributed by atoms with E-state index >= 15 is 0 Å². The van der Waals surface area contributed by atoms with Crippen LogP contribution in [-0.4, -0.2) is 71.7 Å². The van der Waals surface area contributed by atoms with Gasteiger partial charge in [0.1, 0.15) is 34.5 Å². The van der Waals surface area contributed by atoms with Gasteiger partial charge in [-0.25, -0.2) is 0 Å². The highest BCUT2D eigenvalue weighted by Gasteiger charge is 2.33. The number of ether oxygens (including phenoxy) is 6. The molecule has 6 heterocycles.